The molecule has 7 nitrogen and oxygen atoms in total. The summed E-state index contributed by atoms with van der Waals surface area (Å²) in [7, 11) is 1.57. The molecule has 0 bridgehead atoms. The summed E-state index contributed by atoms with van der Waals surface area (Å²) >= 11 is 5.52. The van der Waals surface area contributed by atoms with Gasteiger partial charge in [-0.1, -0.05) is 47.0 Å². The molecular formula is C27H51ClN2O5. The lowest BCUT2D eigenvalue weighted by atomic mass is 10.1. The molecule has 1 aromatic carbocycles. The first-order valence-electron chi connectivity index (χ1n) is 12.4. The molecule has 8 heteroatoms. The van der Waals surface area contributed by atoms with Crippen LogP contribution >= 0.6 is 11.6 Å². The number of unbranched alkanes of at least 4 members (excludes halogenated alkanes) is 2. The Morgan fingerprint density at radius 3 is 1.80 bits per heavy atom. The van der Waals surface area contributed by atoms with Crippen LogP contribution in [0.5, 0.6) is 0 Å². The fraction of sp³-hybridized carbons (Fsp3) is 0.667. The molecule has 35 heavy (non-hydrogen) atoms. The molecule has 0 fully saturated rings. The van der Waals surface area contributed by atoms with E-state index in [0.717, 1.165) is 11.8 Å². The number of ether oxygens (including phenoxy) is 1. The van der Waals surface area contributed by atoms with E-state index in [0.29, 0.717) is 24.3 Å². The molecule has 3 N–H and O–H groups in total. The summed E-state index contributed by atoms with van der Waals surface area (Å²) in [6, 6.07) is 6.50. The fourth-order valence-electron chi connectivity index (χ4n) is 2.30. The maximum Gasteiger partial charge on any atom is 0.251 e. The second-order valence-electron chi connectivity index (χ2n) is 7.58. The van der Waals surface area contributed by atoms with Crippen molar-refractivity contribution in [2.45, 2.75) is 80.3 Å². The molecule has 2 amide bonds. The Bertz CT molecular complexity index is 581. The highest BCUT2D eigenvalue weighted by Crippen LogP contribution is 2.08. The number of benzene rings is 1. The maximum absolute atomic E-state index is 11.8. The first kappa shape index (κ1) is 40.2. The van der Waals surface area contributed by atoms with E-state index in [2.05, 4.69) is 24.5 Å². The molecule has 0 heterocycles. The highest BCUT2D eigenvalue weighted by molar-refractivity contribution is 6.17. The summed E-state index contributed by atoms with van der Waals surface area (Å²) in [4.78, 5) is 31.1. The predicted octanol–water partition coefficient (Wildman–Crippen LogP) is 5.48. The predicted molar refractivity (Wildman–Crippen MR) is 149 cm³/mol. The van der Waals surface area contributed by atoms with E-state index >= 15 is 0 Å². The topological polar surface area (TPSA) is 105 Å². The van der Waals surface area contributed by atoms with Gasteiger partial charge in [-0.3, -0.25) is 9.59 Å². The van der Waals surface area contributed by atoms with Gasteiger partial charge in [-0.05, 0) is 57.4 Å². The van der Waals surface area contributed by atoms with Crippen LogP contribution in [0.4, 0.5) is 0 Å². The molecule has 0 saturated carbocycles. The molecule has 206 valence electrons. The van der Waals surface area contributed by atoms with Crippen LogP contribution in [0.15, 0.2) is 24.3 Å². The molecule has 0 aliphatic heterocycles. The highest BCUT2D eigenvalue weighted by Gasteiger charge is 2.07. The number of halogens is 1. The number of aliphatic hydroxyl groups excluding tert-OH is 1. The van der Waals surface area contributed by atoms with Crippen LogP contribution in [0.3, 0.4) is 0 Å². The van der Waals surface area contributed by atoms with Crippen LogP contribution in [0.25, 0.3) is 0 Å². The van der Waals surface area contributed by atoms with Crippen LogP contribution in [0, 0.1) is 5.92 Å². The number of hydrogen-bond acceptors (Lipinski definition) is 5. The Hall–Kier alpha value is -1.96. The summed E-state index contributed by atoms with van der Waals surface area (Å²) in [5, 5.41) is 12.8. The smallest absolute Gasteiger partial charge is 0.251 e. The Morgan fingerprint density at radius 1 is 0.971 bits per heavy atom. The van der Waals surface area contributed by atoms with Gasteiger partial charge in [0.25, 0.3) is 11.8 Å². The van der Waals surface area contributed by atoms with Gasteiger partial charge in [0, 0.05) is 37.2 Å². The molecule has 0 saturated heterocycles. The molecule has 0 spiro atoms. The van der Waals surface area contributed by atoms with Crippen molar-refractivity contribution in [1.82, 2.24) is 10.6 Å². The molecule has 1 aromatic rings. The summed E-state index contributed by atoms with van der Waals surface area (Å²) in [5.74, 6) is 1.35. The zero-order valence-corrected chi connectivity index (χ0v) is 24.0. The summed E-state index contributed by atoms with van der Waals surface area (Å²) in [6.07, 6.45) is 5.36. The van der Waals surface area contributed by atoms with Crippen molar-refractivity contribution in [3.8, 4) is 0 Å². The van der Waals surface area contributed by atoms with E-state index in [1.165, 1.54) is 25.7 Å². The summed E-state index contributed by atoms with van der Waals surface area (Å²) < 4.78 is 5.33. The normalized spacial score (nSPS) is 9.14. The van der Waals surface area contributed by atoms with Gasteiger partial charge in [0.1, 0.15) is 6.79 Å². The lowest BCUT2D eigenvalue weighted by Gasteiger charge is -2.09. The third-order valence-corrected chi connectivity index (χ3v) is 4.16. The quantitative estimate of drug-likeness (QED) is 0.265. The number of carbonyl (C=O) groups is 3. The van der Waals surface area contributed by atoms with Crippen molar-refractivity contribution in [2.24, 2.45) is 5.92 Å². The van der Waals surface area contributed by atoms with E-state index in [1.807, 2.05) is 34.5 Å². The lowest BCUT2D eigenvalue weighted by molar-refractivity contribution is -0.0980. The van der Waals surface area contributed by atoms with Crippen molar-refractivity contribution >= 4 is 30.2 Å². The first-order chi connectivity index (χ1) is 16.7. The van der Waals surface area contributed by atoms with Crippen molar-refractivity contribution in [3.05, 3.63) is 35.4 Å². The van der Waals surface area contributed by atoms with Crippen LogP contribution < -0.4 is 10.6 Å². The van der Waals surface area contributed by atoms with Crippen molar-refractivity contribution < 1.29 is 24.2 Å². The average molecular weight is 519 g/mol. The molecule has 1 rings (SSSR count). The third kappa shape index (κ3) is 30.0. The number of hydrogen-bond donors (Lipinski definition) is 3. The fourth-order valence-corrected chi connectivity index (χ4v) is 2.49. The van der Waals surface area contributed by atoms with E-state index in [-0.39, 0.29) is 24.5 Å². The molecule has 0 radical (unpaired) electrons. The molecule has 0 aromatic heterocycles. The Kier molecular flexibility index (Phi) is 36.8. The minimum Gasteiger partial charge on any atom is -0.397 e. The van der Waals surface area contributed by atoms with Gasteiger partial charge in [0.05, 0.1) is 12.7 Å². The lowest BCUT2D eigenvalue weighted by Crippen LogP contribution is -2.28. The Labute approximate surface area is 219 Å². The van der Waals surface area contributed by atoms with Gasteiger partial charge >= 0.3 is 0 Å². The van der Waals surface area contributed by atoms with Gasteiger partial charge in [0.2, 0.25) is 0 Å². The number of carbonyl (C=O) groups excluding carboxylic acids is 3. The number of alkyl halides is 1. The third-order valence-electron chi connectivity index (χ3n) is 3.89. The van der Waals surface area contributed by atoms with Gasteiger partial charge < -0.3 is 25.3 Å². The van der Waals surface area contributed by atoms with Gasteiger partial charge in [-0.25, -0.2) is 0 Å². The Morgan fingerprint density at radius 2 is 1.43 bits per heavy atom. The minimum absolute atomic E-state index is 0.156. The minimum atomic E-state index is -0.171. The molecule has 0 aliphatic rings. The van der Waals surface area contributed by atoms with Gasteiger partial charge in [0.15, 0.2) is 0 Å². The maximum atomic E-state index is 11.8. The first-order valence-corrected chi connectivity index (χ1v) is 12.9. The van der Waals surface area contributed by atoms with Crippen molar-refractivity contribution in [2.75, 3.05) is 32.7 Å². The van der Waals surface area contributed by atoms with Gasteiger partial charge in [-0.2, -0.15) is 0 Å². The number of nitrogens with one attached hydrogen (secondary N) is 2. The number of aliphatic hydroxyl groups is 1. The monoisotopic (exact) mass is 518 g/mol. The second-order valence-corrected chi connectivity index (χ2v) is 7.96. The zero-order chi connectivity index (χ0) is 28.1. The van der Waals surface area contributed by atoms with Gasteiger partial charge in [-0.15, -0.1) is 11.6 Å². The molecule has 0 atom stereocenters. The highest BCUT2D eigenvalue weighted by atomic mass is 35.5. The van der Waals surface area contributed by atoms with E-state index in [9.17, 15) is 9.59 Å². The van der Waals surface area contributed by atoms with E-state index in [4.69, 9.17) is 26.2 Å². The average Bonchev–Trinajstić information content (AvgIpc) is 2.87. The van der Waals surface area contributed by atoms with E-state index in [1.54, 1.807) is 38.2 Å². The second kappa shape index (κ2) is 32.0. The molecule has 0 unspecified atom stereocenters. The van der Waals surface area contributed by atoms with Crippen molar-refractivity contribution in [3.63, 3.8) is 0 Å². The van der Waals surface area contributed by atoms with Crippen LogP contribution in [0.2, 0.25) is 0 Å². The van der Waals surface area contributed by atoms with Crippen LogP contribution in [-0.2, 0) is 9.53 Å². The molecule has 0 aliphatic carbocycles. The standard InChI is InChI=1S/C14H20N2O3.C8H17Cl.C2H6O.C2H6.CH2O/c1-10(2)19-9-8-16-14(18)12-6-4-11(5-7-12)13(17)15-3;1-8(2)6-4-3-5-7-9;1-2-3;2*1-2/h4-7,10H,8-9H2,1-3H3,(H,15,17)(H,16,18);8H,3-7H2,1-2H3;3H,2H2,1H3;1-2H3;1H2. The Balaban J connectivity index is -0.000000251. The number of rotatable bonds is 11. The molecular weight excluding hydrogens is 468 g/mol. The summed E-state index contributed by atoms with van der Waals surface area (Å²) in [6.45, 7) is 17.3. The number of amides is 2. The largest absolute Gasteiger partial charge is 0.397 e. The van der Waals surface area contributed by atoms with E-state index < -0.39 is 0 Å². The van der Waals surface area contributed by atoms with Crippen molar-refractivity contribution in [1.29, 1.82) is 0 Å². The van der Waals surface area contributed by atoms with Crippen LogP contribution in [-0.4, -0.2) is 62.5 Å². The zero-order valence-electron chi connectivity index (χ0n) is 23.3. The summed E-state index contributed by atoms with van der Waals surface area (Å²) in [5.41, 5.74) is 1.05. The van der Waals surface area contributed by atoms with Crippen LogP contribution in [0.1, 0.15) is 94.9 Å². The SMILES string of the molecule is C=O.CC.CC(C)CCCCCCl.CCO.CNC(=O)c1ccc(C(=O)NCCOC(C)C)cc1.